The van der Waals surface area contributed by atoms with Crippen LogP contribution in [0.2, 0.25) is 5.02 Å². The molecule has 0 radical (unpaired) electrons. The van der Waals surface area contributed by atoms with E-state index < -0.39 is 5.97 Å². The van der Waals surface area contributed by atoms with Gasteiger partial charge >= 0.3 is 5.97 Å². The van der Waals surface area contributed by atoms with Crippen LogP contribution in [0.25, 0.3) is 32.8 Å². The number of rotatable bonds is 5. The summed E-state index contributed by atoms with van der Waals surface area (Å²) in [6, 6.07) is 17.9. The monoisotopic (exact) mass is 434 g/mol. The van der Waals surface area contributed by atoms with E-state index in [0.29, 0.717) is 16.3 Å². The van der Waals surface area contributed by atoms with Gasteiger partial charge in [0, 0.05) is 28.4 Å². The minimum absolute atomic E-state index is 0.161. The van der Waals surface area contributed by atoms with Crippen molar-refractivity contribution in [2.24, 2.45) is 12.8 Å². The highest BCUT2D eigenvalue weighted by Crippen LogP contribution is 2.36. The van der Waals surface area contributed by atoms with Gasteiger partial charge in [0.2, 0.25) is 0 Å². The Morgan fingerprint density at radius 1 is 1.19 bits per heavy atom. The molecule has 0 amide bonds. The predicted molar refractivity (Wildman–Crippen MR) is 126 cm³/mol. The van der Waals surface area contributed by atoms with Crippen molar-refractivity contribution >= 4 is 45.2 Å². The number of carbonyl (C=O) groups excluding carboxylic acids is 1. The lowest BCUT2D eigenvalue weighted by Gasteiger charge is -2.10. The highest BCUT2D eigenvalue weighted by Gasteiger charge is 2.23. The minimum atomic E-state index is -0.394. The maximum Gasteiger partial charge on any atom is 0.340 e. The van der Waals surface area contributed by atoms with Crippen LogP contribution < -0.4 is 11.1 Å². The Labute approximate surface area is 185 Å². The topological polar surface area (TPSA) is 93.1 Å². The molecule has 3 aromatic carbocycles. The lowest BCUT2D eigenvalue weighted by atomic mass is 9.97. The third-order valence-corrected chi connectivity index (χ3v) is 5.73. The lowest BCUT2D eigenvalue weighted by molar-refractivity contribution is 0.0527. The molecule has 4 N–H and O–H groups in total. The number of aryl methyl sites for hydroxylation is 1. The van der Waals surface area contributed by atoms with Crippen LogP contribution in [0.15, 0.2) is 54.6 Å². The maximum absolute atomic E-state index is 12.7. The molecule has 6 nitrogen and oxygen atoms in total. The number of fused-ring (bicyclic) bond motifs is 2. The van der Waals surface area contributed by atoms with Crippen LogP contribution in [0.3, 0.4) is 0 Å². The fraction of sp³-hybridized carbons (Fsp3) is 0.167. The summed E-state index contributed by atoms with van der Waals surface area (Å²) in [5.41, 5.74) is 9.55. The van der Waals surface area contributed by atoms with Crippen molar-refractivity contribution in [3.8, 4) is 11.1 Å². The number of halogens is 1. The van der Waals surface area contributed by atoms with Gasteiger partial charge in [-0.1, -0.05) is 54.1 Å². The van der Waals surface area contributed by atoms with E-state index in [0.717, 1.165) is 32.8 Å². The van der Waals surface area contributed by atoms with Crippen LogP contribution in [0.1, 0.15) is 23.0 Å². The molecule has 0 aliphatic carbocycles. The van der Waals surface area contributed by atoms with Crippen LogP contribution in [-0.2, 0) is 18.3 Å². The molecule has 1 heterocycles. The van der Waals surface area contributed by atoms with E-state index in [4.69, 9.17) is 27.5 Å². The summed E-state index contributed by atoms with van der Waals surface area (Å²) < 4.78 is 7.24. The van der Waals surface area contributed by atoms with Crippen LogP contribution in [-0.4, -0.2) is 23.1 Å². The fourth-order valence-electron chi connectivity index (χ4n) is 4.01. The second-order valence-corrected chi connectivity index (χ2v) is 7.65. The number of guanidine groups is 1. The Bertz CT molecular complexity index is 1320. The summed E-state index contributed by atoms with van der Waals surface area (Å²) in [5, 5.41) is 13.8. The Kier molecular flexibility index (Phi) is 5.57. The van der Waals surface area contributed by atoms with Gasteiger partial charge in [-0.3, -0.25) is 5.41 Å². The minimum Gasteiger partial charge on any atom is -0.462 e. The quantitative estimate of drug-likeness (QED) is 0.238. The van der Waals surface area contributed by atoms with Crippen LogP contribution >= 0.6 is 11.6 Å². The average molecular weight is 435 g/mol. The normalized spacial score (nSPS) is 11.1. The first-order valence-corrected chi connectivity index (χ1v) is 10.3. The molecule has 0 saturated carbocycles. The van der Waals surface area contributed by atoms with Gasteiger partial charge in [0.25, 0.3) is 0 Å². The third kappa shape index (κ3) is 3.70. The fourth-order valence-corrected chi connectivity index (χ4v) is 4.29. The van der Waals surface area contributed by atoms with E-state index in [2.05, 4.69) is 5.32 Å². The average Bonchev–Trinajstić information content (AvgIpc) is 3.03. The van der Waals surface area contributed by atoms with Crippen molar-refractivity contribution in [1.29, 1.82) is 5.41 Å². The van der Waals surface area contributed by atoms with Crippen molar-refractivity contribution in [2.45, 2.75) is 13.5 Å². The largest absolute Gasteiger partial charge is 0.462 e. The molecule has 0 saturated heterocycles. The maximum atomic E-state index is 12.7. The van der Waals surface area contributed by atoms with Gasteiger partial charge < -0.3 is 20.4 Å². The van der Waals surface area contributed by atoms with Gasteiger partial charge in [0.1, 0.15) is 0 Å². The van der Waals surface area contributed by atoms with Gasteiger partial charge in [-0.25, -0.2) is 4.79 Å². The summed E-state index contributed by atoms with van der Waals surface area (Å²) >= 11 is 6.53. The number of benzene rings is 3. The van der Waals surface area contributed by atoms with E-state index in [1.54, 1.807) is 6.92 Å². The number of aromatic nitrogens is 1. The Balaban J connectivity index is 1.94. The van der Waals surface area contributed by atoms with Gasteiger partial charge in [-0.2, -0.15) is 0 Å². The second-order valence-electron chi connectivity index (χ2n) is 7.24. The number of hydrogen-bond acceptors (Lipinski definition) is 3. The second kappa shape index (κ2) is 8.32. The summed E-state index contributed by atoms with van der Waals surface area (Å²) in [6.07, 6.45) is 0. The number of carbonyl (C=O) groups is 1. The molecular formula is C24H23ClN4O2. The number of nitrogens with one attached hydrogen (secondary N) is 2. The smallest absolute Gasteiger partial charge is 0.340 e. The molecule has 4 rings (SSSR count). The number of nitrogens with zero attached hydrogens (tertiary/aromatic N) is 1. The lowest BCUT2D eigenvalue weighted by Crippen LogP contribution is -2.31. The summed E-state index contributed by atoms with van der Waals surface area (Å²) in [6.45, 7) is 2.30. The molecule has 0 aliphatic rings. The van der Waals surface area contributed by atoms with E-state index in [9.17, 15) is 4.79 Å². The summed E-state index contributed by atoms with van der Waals surface area (Å²) in [4.78, 5) is 12.7. The van der Waals surface area contributed by atoms with Gasteiger partial charge in [-0.15, -0.1) is 0 Å². The van der Waals surface area contributed by atoms with Crippen molar-refractivity contribution in [2.75, 3.05) is 6.61 Å². The molecule has 0 fully saturated rings. The first-order chi connectivity index (χ1) is 14.9. The van der Waals surface area contributed by atoms with E-state index >= 15 is 0 Å². The third-order valence-electron chi connectivity index (χ3n) is 5.41. The predicted octanol–water partition coefficient (Wildman–Crippen LogP) is 4.81. The summed E-state index contributed by atoms with van der Waals surface area (Å²) in [7, 11) is 1.89. The Hall–Kier alpha value is -3.51. The van der Waals surface area contributed by atoms with Crippen molar-refractivity contribution in [3.63, 3.8) is 0 Å². The molecule has 0 bridgehead atoms. The van der Waals surface area contributed by atoms with Gasteiger partial charge in [0.15, 0.2) is 5.96 Å². The number of nitrogens with two attached hydrogens (primary N) is 1. The van der Waals surface area contributed by atoms with Crippen LogP contribution in [0.5, 0.6) is 0 Å². The van der Waals surface area contributed by atoms with Crippen LogP contribution in [0.4, 0.5) is 0 Å². The molecule has 0 unspecified atom stereocenters. The number of esters is 1. The zero-order valence-corrected chi connectivity index (χ0v) is 18.1. The standard InChI is InChI=1S/C24H23ClN4O2/c1-3-31-23(30)22-17-11-10-15(12-19(17)29(2)20(22)13-28-24(26)27)16-8-4-6-14-7-5-9-18(25)21(14)16/h4-12H,3,13H2,1-2H3,(H4,26,27,28). The van der Waals surface area contributed by atoms with Crippen molar-refractivity contribution < 1.29 is 9.53 Å². The van der Waals surface area contributed by atoms with Crippen molar-refractivity contribution in [1.82, 2.24) is 9.88 Å². The highest BCUT2D eigenvalue weighted by atomic mass is 35.5. The number of hydrogen-bond donors (Lipinski definition) is 3. The SMILES string of the molecule is CCOC(=O)c1c(CNC(=N)N)n(C)c2cc(-c3cccc4cccc(Cl)c34)ccc12. The first-order valence-electron chi connectivity index (χ1n) is 9.96. The summed E-state index contributed by atoms with van der Waals surface area (Å²) in [5.74, 6) is -0.555. The first kappa shape index (κ1) is 20.8. The molecule has 31 heavy (non-hydrogen) atoms. The molecule has 7 heteroatoms. The Morgan fingerprint density at radius 2 is 1.94 bits per heavy atom. The molecule has 158 valence electrons. The molecule has 0 aliphatic heterocycles. The van der Waals surface area contributed by atoms with E-state index in [1.807, 2.05) is 66.2 Å². The molecular weight excluding hydrogens is 412 g/mol. The molecule has 0 atom stereocenters. The zero-order chi connectivity index (χ0) is 22.1. The Morgan fingerprint density at radius 3 is 2.65 bits per heavy atom. The zero-order valence-electron chi connectivity index (χ0n) is 17.3. The van der Waals surface area contributed by atoms with Gasteiger partial charge in [0.05, 0.1) is 24.4 Å². The molecule has 1 aromatic heterocycles. The van der Waals surface area contributed by atoms with Gasteiger partial charge in [-0.05, 0) is 35.6 Å². The van der Waals surface area contributed by atoms with Crippen LogP contribution in [0, 0.1) is 5.41 Å². The highest BCUT2D eigenvalue weighted by molar-refractivity contribution is 6.36. The van der Waals surface area contributed by atoms with Crippen molar-refractivity contribution in [3.05, 3.63) is 70.9 Å². The molecule has 4 aromatic rings. The molecule has 0 spiro atoms. The van der Waals surface area contributed by atoms with E-state index in [1.165, 1.54) is 0 Å². The number of ether oxygens (including phenoxy) is 1. The van der Waals surface area contributed by atoms with E-state index in [-0.39, 0.29) is 19.1 Å².